The van der Waals surface area contributed by atoms with Gasteiger partial charge >= 0.3 is 0 Å². The molecule has 4 nitrogen and oxygen atoms in total. The number of halogens is 1. The first-order valence-corrected chi connectivity index (χ1v) is 7.16. The van der Waals surface area contributed by atoms with E-state index in [9.17, 15) is 9.65 Å². The third kappa shape index (κ3) is 3.40. The van der Waals surface area contributed by atoms with Crippen molar-refractivity contribution in [3.8, 4) is 6.07 Å². The molecule has 0 amide bonds. The highest BCUT2D eigenvalue weighted by Gasteiger charge is 2.16. The Bertz CT molecular complexity index is 655. The van der Waals surface area contributed by atoms with Crippen LogP contribution in [0, 0.1) is 17.1 Å². The van der Waals surface area contributed by atoms with E-state index in [0.717, 1.165) is 19.3 Å². The average Bonchev–Trinajstić information content (AvgIpc) is 2.77. The fourth-order valence-electron chi connectivity index (χ4n) is 2.28. The lowest BCUT2D eigenvalue weighted by Crippen LogP contribution is -2.05. The molecule has 0 radical (unpaired) electrons. The molecule has 0 saturated carbocycles. The average molecular weight is 286 g/mol. The Hall–Kier alpha value is -2.35. The van der Waals surface area contributed by atoms with Crippen LogP contribution in [0.1, 0.15) is 43.0 Å². The minimum absolute atomic E-state index is 0.278. The molecule has 110 valence electrons. The third-order valence-corrected chi connectivity index (χ3v) is 3.47. The second-order valence-corrected chi connectivity index (χ2v) is 5.02. The number of nitriles is 1. The molecule has 1 heterocycles. The van der Waals surface area contributed by atoms with Gasteiger partial charge in [-0.05, 0) is 18.1 Å². The van der Waals surface area contributed by atoms with Gasteiger partial charge in [0.1, 0.15) is 23.3 Å². The van der Waals surface area contributed by atoms with Gasteiger partial charge in [-0.2, -0.15) is 10.4 Å². The summed E-state index contributed by atoms with van der Waals surface area (Å²) < 4.78 is 15.4. The van der Waals surface area contributed by atoms with Gasteiger partial charge in [0.25, 0.3) is 0 Å². The molecule has 2 rings (SSSR count). The van der Waals surface area contributed by atoms with E-state index < -0.39 is 0 Å². The largest absolute Gasteiger partial charge is 0.383 e. The summed E-state index contributed by atoms with van der Waals surface area (Å²) >= 11 is 0. The number of nitrogen functional groups attached to an aromatic ring is 1. The lowest BCUT2D eigenvalue weighted by atomic mass is 10.1. The number of aromatic nitrogens is 2. The van der Waals surface area contributed by atoms with Gasteiger partial charge in [0.15, 0.2) is 0 Å². The van der Waals surface area contributed by atoms with Crippen LogP contribution in [0.4, 0.5) is 10.2 Å². The van der Waals surface area contributed by atoms with Crippen LogP contribution in [0.15, 0.2) is 24.3 Å². The number of hydrogen-bond acceptors (Lipinski definition) is 3. The van der Waals surface area contributed by atoms with Gasteiger partial charge in [-0.3, -0.25) is 0 Å². The first-order valence-electron chi connectivity index (χ1n) is 7.16. The highest BCUT2D eigenvalue weighted by Crippen LogP contribution is 2.21. The monoisotopic (exact) mass is 286 g/mol. The number of hydrogen-bond donors (Lipinski definition) is 1. The zero-order valence-electron chi connectivity index (χ0n) is 12.1. The predicted octanol–water partition coefficient (Wildman–Crippen LogP) is 3.26. The minimum atomic E-state index is -0.291. The molecule has 0 fully saturated rings. The van der Waals surface area contributed by atoms with E-state index >= 15 is 0 Å². The molecule has 1 aromatic carbocycles. The van der Waals surface area contributed by atoms with Gasteiger partial charge in [0.05, 0.1) is 5.69 Å². The Labute approximate surface area is 124 Å². The van der Waals surface area contributed by atoms with Crippen LogP contribution < -0.4 is 5.73 Å². The summed E-state index contributed by atoms with van der Waals surface area (Å²) in [5.74, 6) is 0.0837. The van der Waals surface area contributed by atoms with Crippen molar-refractivity contribution in [1.82, 2.24) is 9.78 Å². The van der Waals surface area contributed by atoms with Crippen molar-refractivity contribution in [2.24, 2.45) is 0 Å². The maximum Gasteiger partial charge on any atom is 0.140 e. The summed E-state index contributed by atoms with van der Waals surface area (Å²) in [5, 5.41) is 13.6. The maximum atomic E-state index is 13.7. The maximum absolute atomic E-state index is 13.7. The molecule has 0 aliphatic heterocycles. The molecule has 0 unspecified atom stereocenters. The lowest BCUT2D eigenvalue weighted by Gasteiger charge is -2.02. The molecule has 0 aliphatic carbocycles. The quantitative estimate of drug-likeness (QED) is 0.829. The molecule has 21 heavy (non-hydrogen) atoms. The first kappa shape index (κ1) is 15.0. The number of nitrogens with two attached hydrogens (primary N) is 1. The van der Waals surface area contributed by atoms with Crippen LogP contribution >= 0.6 is 0 Å². The molecule has 0 aliphatic rings. The molecule has 0 bridgehead atoms. The minimum Gasteiger partial charge on any atom is -0.383 e. The van der Waals surface area contributed by atoms with Crippen LogP contribution in [0.5, 0.6) is 0 Å². The lowest BCUT2D eigenvalue weighted by molar-refractivity contribution is 0.554. The third-order valence-electron chi connectivity index (χ3n) is 3.47. The highest BCUT2D eigenvalue weighted by atomic mass is 19.1. The van der Waals surface area contributed by atoms with Crippen LogP contribution in [0.2, 0.25) is 0 Å². The smallest absolute Gasteiger partial charge is 0.140 e. The Morgan fingerprint density at radius 2 is 2.10 bits per heavy atom. The Morgan fingerprint density at radius 1 is 1.33 bits per heavy atom. The van der Waals surface area contributed by atoms with E-state index in [4.69, 9.17) is 5.73 Å². The molecule has 2 aromatic rings. The van der Waals surface area contributed by atoms with Crippen molar-refractivity contribution in [1.29, 1.82) is 5.26 Å². The van der Waals surface area contributed by atoms with Gasteiger partial charge in [-0.25, -0.2) is 9.07 Å². The summed E-state index contributed by atoms with van der Waals surface area (Å²) in [6, 6.07) is 8.60. The number of anilines is 1. The van der Waals surface area contributed by atoms with E-state index in [2.05, 4.69) is 18.1 Å². The van der Waals surface area contributed by atoms with Crippen LogP contribution in [0.3, 0.4) is 0 Å². The van der Waals surface area contributed by atoms with Crippen molar-refractivity contribution in [2.75, 3.05) is 5.73 Å². The van der Waals surface area contributed by atoms with Crippen molar-refractivity contribution in [3.63, 3.8) is 0 Å². The Balaban J connectivity index is 2.25. The van der Waals surface area contributed by atoms with E-state index in [0.29, 0.717) is 29.2 Å². The van der Waals surface area contributed by atoms with Crippen LogP contribution in [0.25, 0.3) is 0 Å². The second-order valence-electron chi connectivity index (χ2n) is 5.02. The summed E-state index contributed by atoms with van der Waals surface area (Å²) in [5.41, 5.74) is 7.39. The van der Waals surface area contributed by atoms with E-state index in [-0.39, 0.29) is 12.2 Å². The van der Waals surface area contributed by atoms with Crippen molar-refractivity contribution in [3.05, 3.63) is 46.9 Å². The zero-order valence-corrected chi connectivity index (χ0v) is 12.1. The molecule has 0 saturated heterocycles. The van der Waals surface area contributed by atoms with Gasteiger partial charge in [-0.15, -0.1) is 0 Å². The summed E-state index contributed by atoms with van der Waals surface area (Å²) in [4.78, 5) is 0. The molecule has 0 spiro atoms. The van der Waals surface area contributed by atoms with E-state index in [1.54, 1.807) is 22.9 Å². The summed E-state index contributed by atoms with van der Waals surface area (Å²) in [7, 11) is 0. The number of aryl methyl sites for hydroxylation is 1. The molecule has 5 heteroatoms. The Morgan fingerprint density at radius 3 is 2.76 bits per heavy atom. The van der Waals surface area contributed by atoms with E-state index in [1.807, 2.05) is 0 Å². The van der Waals surface area contributed by atoms with Gasteiger partial charge in [0.2, 0.25) is 0 Å². The van der Waals surface area contributed by atoms with Crippen molar-refractivity contribution < 1.29 is 4.39 Å². The Kier molecular flexibility index (Phi) is 4.94. The molecule has 0 atom stereocenters. The van der Waals surface area contributed by atoms with Crippen LogP contribution in [-0.4, -0.2) is 9.78 Å². The highest BCUT2D eigenvalue weighted by molar-refractivity contribution is 5.53. The van der Waals surface area contributed by atoms with Crippen LogP contribution in [-0.2, 0) is 13.0 Å². The molecule has 2 N–H and O–H groups in total. The fraction of sp³-hybridized carbons (Fsp3) is 0.375. The topological polar surface area (TPSA) is 67.6 Å². The second kappa shape index (κ2) is 6.89. The molecule has 1 aromatic heterocycles. The zero-order chi connectivity index (χ0) is 15.2. The number of unbranched alkanes of at least 4 members (excludes halogenated alkanes) is 2. The predicted molar refractivity (Wildman–Crippen MR) is 80.1 cm³/mol. The first-order chi connectivity index (χ1) is 10.2. The number of rotatable bonds is 6. The van der Waals surface area contributed by atoms with Gasteiger partial charge in [0, 0.05) is 13.0 Å². The number of benzene rings is 1. The summed E-state index contributed by atoms with van der Waals surface area (Å²) in [6.07, 6.45) is 3.44. The van der Waals surface area contributed by atoms with E-state index in [1.165, 1.54) is 6.07 Å². The number of nitrogens with zero attached hydrogens (tertiary/aromatic N) is 3. The van der Waals surface area contributed by atoms with Gasteiger partial charge < -0.3 is 5.73 Å². The fourth-order valence-corrected chi connectivity index (χ4v) is 2.28. The van der Waals surface area contributed by atoms with Crippen molar-refractivity contribution >= 4 is 5.82 Å². The molecular formula is C16H19FN4. The van der Waals surface area contributed by atoms with Crippen molar-refractivity contribution in [2.45, 2.75) is 39.2 Å². The SMILES string of the molecule is CCCCCn1nc(Cc2ccccc2F)c(C#N)c1N. The standard InChI is InChI=1S/C16H19FN4/c1-2-3-6-9-21-16(19)13(11-18)15(20-21)10-12-7-4-5-8-14(12)17/h4-5,7-8H,2-3,6,9-10,19H2,1H3. The normalized spacial score (nSPS) is 10.5. The van der Waals surface area contributed by atoms with Gasteiger partial charge in [-0.1, -0.05) is 38.0 Å². The molecular weight excluding hydrogens is 267 g/mol. The summed E-state index contributed by atoms with van der Waals surface area (Å²) in [6.45, 7) is 2.81.